The van der Waals surface area contributed by atoms with Crippen LogP contribution in [0.15, 0.2) is 27.4 Å². The van der Waals surface area contributed by atoms with Crippen molar-refractivity contribution in [1.29, 1.82) is 0 Å². The lowest BCUT2D eigenvalue weighted by Gasteiger charge is -2.14. The van der Waals surface area contributed by atoms with E-state index in [-0.39, 0.29) is 51.0 Å². The van der Waals surface area contributed by atoms with E-state index in [1.54, 1.807) is 6.92 Å². The van der Waals surface area contributed by atoms with Crippen LogP contribution in [0.3, 0.4) is 0 Å². The molecule has 0 aliphatic heterocycles. The van der Waals surface area contributed by atoms with Gasteiger partial charge in [-0.1, -0.05) is 0 Å². The Kier molecular flexibility index (Phi) is 4.15. The minimum atomic E-state index is -0.570. The van der Waals surface area contributed by atoms with Crippen LogP contribution in [0.2, 0.25) is 0 Å². The van der Waals surface area contributed by atoms with E-state index >= 15 is 0 Å². The van der Waals surface area contributed by atoms with Crippen LogP contribution in [0, 0.1) is 13.8 Å². The molecular formula is C19H18O7. The lowest BCUT2D eigenvalue weighted by atomic mass is 10.0. The Bertz CT molecular complexity index is 1080. The van der Waals surface area contributed by atoms with E-state index < -0.39 is 5.43 Å². The Morgan fingerprint density at radius 1 is 0.962 bits per heavy atom. The van der Waals surface area contributed by atoms with Crippen molar-refractivity contribution in [3.05, 3.63) is 39.5 Å². The van der Waals surface area contributed by atoms with Gasteiger partial charge < -0.3 is 29.2 Å². The van der Waals surface area contributed by atoms with Gasteiger partial charge in [0.1, 0.15) is 22.5 Å². The summed E-state index contributed by atoms with van der Waals surface area (Å²) in [5.41, 5.74) is 0.415. The Hall–Kier alpha value is -3.35. The van der Waals surface area contributed by atoms with Crippen molar-refractivity contribution in [3.8, 4) is 40.1 Å². The monoisotopic (exact) mass is 358 g/mol. The number of hydrogen-bond acceptors (Lipinski definition) is 7. The van der Waals surface area contributed by atoms with Crippen LogP contribution in [0.1, 0.15) is 11.1 Å². The fourth-order valence-corrected chi connectivity index (χ4v) is 2.88. The number of methoxy groups -OCH3 is 2. The average Bonchev–Trinajstić information content (AvgIpc) is 2.64. The normalized spacial score (nSPS) is 10.9. The van der Waals surface area contributed by atoms with Crippen molar-refractivity contribution in [2.24, 2.45) is 0 Å². The van der Waals surface area contributed by atoms with E-state index in [2.05, 4.69) is 0 Å². The minimum Gasteiger partial charge on any atom is -0.507 e. The summed E-state index contributed by atoms with van der Waals surface area (Å²) in [7, 11) is 2.71. The van der Waals surface area contributed by atoms with Crippen LogP contribution in [0.5, 0.6) is 28.7 Å². The third kappa shape index (κ3) is 2.40. The van der Waals surface area contributed by atoms with Crippen LogP contribution in [0.25, 0.3) is 22.3 Å². The van der Waals surface area contributed by atoms with E-state index in [1.165, 1.54) is 39.3 Å². The molecule has 3 aromatic rings. The third-order valence-corrected chi connectivity index (χ3v) is 4.36. The first kappa shape index (κ1) is 17.5. The van der Waals surface area contributed by atoms with Gasteiger partial charge >= 0.3 is 0 Å². The molecule has 136 valence electrons. The summed E-state index contributed by atoms with van der Waals surface area (Å²) >= 11 is 0. The van der Waals surface area contributed by atoms with Gasteiger partial charge in [-0.05, 0) is 32.0 Å². The van der Waals surface area contributed by atoms with Crippen LogP contribution < -0.4 is 14.9 Å². The SMILES string of the molecule is COc1cc(-c2oc3c(C)c(O)c(C)c(O)c3c(=O)c2OC)ccc1O. The van der Waals surface area contributed by atoms with E-state index in [0.29, 0.717) is 11.1 Å². The largest absolute Gasteiger partial charge is 0.507 e. The molecule has 0 amide bonds. The zero-order valence-electron chi connectivity index (χ0n) is 14.7. The molecule has 0 saturated carbocycles. The Balaban J connectivity index is 2.46. The van der Waals surface area contributed by atoms with Crippen molar-refractivity contribution in [2.45, 2.75) is 13.8 Å². The molecule has 0 saturated heterocycles. The molecule has 3 N–H and O–H groups in total. The van der Waals surface area contributed by atoms with Crippen molar-refractivity contribution in [2.75, 3.05) is 14.2 Å². The first-order chi connectivity index (χ1) is 12.3. The zero-order chi connectivity index (χ0) is 19.2. The molecule has 0 bridgehead atoms. The highest BCUT2D eigenvalue weighted by molar-refractivity contribution is 5.92. The third-order valence-electron chi connectivity index (χ3n) is 4.36. The molecule has 1 heterocycles. The van der Waals surface area contributed by atoms with Crippen LogP contribution >= 0.6 is 0 Å². The first-order valence-electron chi connectivity index (χ1n) is 7.75. The molecule has 0 fully saturated rings. The molecule has 7 nitrogen and oxygen atoms in total. The van der Waals surface area contributed by atoms with Crippen molar-refractivity contribution < 1.29 is 29.2 Å². The summed E-state index contributed by atoms with van der Waals surface area (Å²) in [4.78, 5) is 12.9. The van der Waals surface area contributed by atoms with Gasteiger partial charge in [-0.3, -0.25) is 4.79 Å². The molecule has 0 radical (unpaired) electrons. The highest BCUT2D eigenvalue weighted by Crippen LogP contribution is 2.42. The summed E-state index contributed by atoms with van der Waals surface area (Å²) in [5.74, 6) is -0.402. The summed E-state index contributed by atoms with van der Waals surface area (Å²) in [5, 5.41) is 30.2. The summed E-state index contributed by atoms with van der Waals surface area (Å²) in [6.07, 6.45) is 0. The second-order valence-corrected chi connectivity index (χ2v) is 5.83. The number of hydrogen-bond donors (Lipinski definition) is 3. The maximum atomic E-state index is 12.9. The second-order valence-electron chi connectivity index (χ2n) is 5.83. The maximum absolute atomic E-state index is 12.9. The molecule has 7 heteroatoms. The Morgan fingerprint density at radius 3 is 2.27 bits per heavy atom. The number of fused-ring (bicyclic) bond motifs is 1. The van der Waals surface area contributed by atoms with Crippen LogP contribution in [0.4, 0.5) is 0 Å². The second kappa shape index (κ2) is 6.18. The molecule has 0 aliphatic carbocycles. The predicted octanol–water partition coefficient (Wildman–Crippen LogP) is 3.21. The number of ether oxygens (including phenoxy) is 2. The average molecular weight is 358 g/mol. The Morgan fingerprint density at radius 2 is 1.65 bits per heavy atom. The maximum Gasteiger partial charge on any atom is 0.239 e. The molecule has 0 atom stereocenters. The molecule has 0 spiro atoms. The molecule has 0 aliphatic rings. The molecule has 0 unspecified atom stereocenters. The number of phenols is 3. The van der Waals surface area contributed by atoms with Crippen molar-refractivity contribution in [1.82, 2.24) is 0 Å². The fourth-order valence-electron chi connectivity index (χ4n) is 2.88. The molecule has 2 aromatic carbocycles. The van der Waals surface area contributed by atoms with Gasteiger partial charge in [0.2, 0.25) is 11.2 Å². The van der Waals surface area contributed by atoms with Crippen LogP contribution in [-0.2, 0) is 0 Å². The van der Waals surface area contributed by atoms with Crippen molar-refractivity contribution >= 4 is 11.0 Å². The van der Waals surface area contributed by atoms with Gasteiger partial charge in [-0.25, -0.2) is 0 Å². The topological polar surface area (TPSA) is 109 Å². The lowest BCUT2D eigenvalue weighted by Crippen LogP contribution is -2.09. The number of aromatic hydroxyl groups is 3. The highest BCUT2D eigenvalue weighted by atomic mass is 16.5. The summed E-state index contributed by atoms with van der Waals surface area (Å²) < 4.78 is 16.2. The summed E-state index contributed by atoms with van der Waals surface area (Å²) in [6.45, 7) is 3.09. The van der Waals surface area contributed by atoms with Gasteiger partial charge in [0, 0.05) is 16.7 Å². The molecule has 26 heavy (non-hydrogen) atoms. The predicted molar refractivity (Wildman–Crippen MR) is 95.5 cm³/mol. The van der Waals surface area contributed by atoms with Gasteiger partial charge in [0.05, 0.1) is 14.2 Å². The van der Waals surface area contributed by atoms with Crippen LogP contribution in [-0.4, -0.2) is 29.5 Å². The van der Waals surface area contributed by atoms with Gasteiger partial charge in [-0.2, -0.15) is 0 Å². The lowest BCUT2D eigenvalue weighted by molar-refractivity contribution is 0.373. The highest BCUT2D eigenvalue weighted by Gasteiger charge is 2.24. The number of phenolic OH excluding ortho intramolecular Hbond substituents is 3. The first-order valence-corrected chi connectivity index (χ1v) is 7.75. The van der Waals surface area contributed by atoms with E-state index in [0.717, 1.165) is 0 Å². The van der Waals surface area contributed by atoms with Crippen molar-refractivity contribution in [3.63, 3.8) is 0 Å². The van der Waals surface area contributed by atoms with Gasteiger partial charge in [-0.15, -0.1) is 0 Å². The molecule has 3 rings (SSSR count). The fraction of sp³-hybridized carbons (Fsp3) is 0.211. The summed E-state index contributed by atoms with van der Waals surface area (Å²) in [6, 6.07) is 4.42. The van der Waals surface area contributed by atoms with Gasteiger partial charge in [0.25, 0.3) is 0 Å². The molecular weight excluding hydrogens is 340 g/mol. The number of rotatable bonds is 3. The number of benzene rings is 2. The number of aryl methyl sites for hydroxylation is 1. The molecule has 1 aromatic heterocycles. The van der Waals surface area contributed by atoms with E-state index in [9.17, 15) is 20.1 Å². The van der Waals surface area contributed by atoms with Gasteiger partial charge in [0.15, 0.2) is 17.3 Å². The minimum absolute atomic E-state index is 0.0541. The smallest absolute Gasteiger partial charge is 0.239 e. The Labute approximate surface area is 148 Å². The zero-order valence-corrected chi connectivity index (χ0v) is 14.7. The standard InChI is InChI=1S/C19H18O7/c1-8-14(21)9(2)17-13(15(8)22)16(23)19(25-4)18(26-17)10-5-6-11(20)12(7-10)24-3/h5-7,20-22H,1-4H3. The van der Waals surface area contributed by atoms with E-state index in [1.807, 2.05) is 0 Å². The quantitative estimate of drug-likeness (QED) is 0.659. The van der Waals surface area contributed by atoms with E-state index in [4.69, 9.17) is 13.9 Å².